The van der Waals surface area contributed by atoms with Crippen molar-refractivity contribution in [3.8, 4) is 5.75 Å². The van der Waals surface area contributed by atoms with E-state index in [2.05, 4.69) is 5.32 Å². The normalized spacial score (nSPS) is 14.2. The predicted octanol–water partition coefficient (Wildman–Crippen LogP) is 2.02. The molecule has 23 heavy (non-hydrogen) atoms. The van der Waals surface area contributed by atoms with E-state index in [4.69, 9.17) is 4.74 Å². The van der Waals surface area contributed by atoms with Crippen LogP contribution in [0.5, 0.6) is 5.75 Å². The molecule has 120 valence electrons. The first-order chi connectivity index (χ1) is 11.2. The minimum absolute atomic E-state index is 0.0106. The Kier molecular flexibility index (Phi) is 4.92. The summed E-state index contributed by atoms with van der Waals surface area (Å²) < 4.78 is 5.52. The maximum absolute atomic E-state index is 12.1. The lowest BCUT2D eigenvalue weighted by molar-refractivity contribution is -0.129. The fourth-order valence-electron chi connectivity index (χ4n) is 2.37. The van der Waals surface area contributed by atoms with E-state index in [9.17, 15) is 9.59 Å². The molecule has 0 aliphatic carbocycles. The van der Waals surface area contributed by atoms with Crippen LogP contribution in [0.25, 0.3) is 0 Å². The van der Waals surface area contributed by atoms with Crippen molar-refractivity contribution >= 4 is 23.2 Å². The van der Waals surface area contributed by atoms with Crippen LogP contribution in [0.1, 0.15) is 9.67 Å². The van der Waals surface area contributed by atoms with Crippen LogP contribution in [-0.4, -0.2) is 43.0 Å². The molecule has 0 bridgehead atoms. The van der Waals surface area contributed by atoms with Gasteiger partial charge < -0.3 is 15.0 Å². The number of carbonyl (C=O) groups excluding carboxylic acids is 2. The first-order valence-electron chi connectivity index (χ1n) is 7.52. The topological polar surface area (TPSA) is 58.6 Å². The molecule has 1 fully saturated rings. The third-order valence-electron chi connectivity index (χ3n) is 3.68. The van der Waals surface area contributed by atoms with Gasteiger partial charge in [0.2, 0.25) is 5.91 Å². The molecule has 1 aromatic heterocycles. The molecule has 1 N–H and O–H groups in total. The van der Waals surface area contributed by atoms with Crippen molar-refractivity contribution in [1.82, 2.24) is 10.2 Å². The van der Waals surface area contributed by atoms with E-state index in [-0.39, 0.29) is 17.7 Å². The van der Waals surface area contributed by atoms with Gasteiger partial charge in [0, 0.05) is 13.1 Å². The van der Waals surface area contributed by atoms with Gasteiger partial charge in [-0.05, 0) is 23.6 Å². The summed E-state index contributed by atoms with van der Waals surface area (Å²) in [6.45, 7) is 1.87. The molecule has 1 saturated heterocycles. The lowest BCUT2D eigenvalue weighted by Crippen LogP contribution is -2.55. The van der Waals surface area contributed by atoms with Crippen molar-refractivity contribution in [3.63, 3.8) is 0 Å². The van der Waals surface area contributed by atoms with Crippen LogP contribution in [-0.2, 0) is 4.79 Å². The second-order valence-electron chi connectivity index (χ2n) is 5.34. The molecule has 0 radical (unpaired) electrons. The molecule has 2 heterocycles. The SMILES string of the molecule is O=C(NCCOc1ccccc1)C1CN(C(=O)c2cccs2)C1. The maximum Gasteiger partial charge on any atom is 0.263 e. The van der Waals surface area contributed by atoms with E-state index in [1.54, 1.807) is 11.0 Å². The summed E-state index contributed by atoms with van der Waals surface area (Å²) in [5.74, 6) is 0.669. The summed E-state index contributed by atoms with van der Waals surface area (Å²) in [5, 5.41) is 4.73. The number of benzene rings is 1. The van der Waals surface area contributed by atoms with Crippen molar-refractivity contribution in [2.45, 2.75) is 0 Å². The Labute approximate surface area is 138 Å². The Hall–Kier alpha value is -2.34. The second-order valence-corrected chi connectivity index (χ2v) is 6.28. The van der Waals surface area contributed by atoms with E-state index < -0.39 is 0 Å². The van der Waals surface area contributed by atoms with Crippen molar-refractivity contribution in [2.75, 3.05) is 26.2 Å². The summed E-state index contributed by atoms with van der Waals surface area (Å²) in [4.78, 5) is 26.5. The molecule has 1 aromatic carbocycles. The smallest absolute Gasteiger partial charge is 0.263 e. The molecule has 6 heteroatoms. The molecule has 0 spiro atoms. The van der Waals surface area contributed by atoms with E-state index in [0.29, 0.717) is 26.2 Å². The number of rotatable bonds is 6. The number of amides is 2. The quantitative estimate of drug-likeness (QED) is 0.825. The van der Waals surface area contributed by atoms with Crippen LogP contribution in [0.15, 0.2) is 47.8 Å². The van der Waals surface area contributed by atoms with Gasteiger partial charge in [0.15, 0.2) is 0 Å². The minimum Gasteiger partial charge on any atom is -0.492 e. The number of nitrogens with zero attached hydrogens (tertiary/aromatic N) is 1. The summed E-state index contributed by atoms with van der Waals surface area (Å²) in [6.07, 6.45) is 0. The zero-order valence-corrected chi connectivity index (χ0v) is 13.4. The molecule has 1 aliphatic heterocycles. The Bertz CT molecular complexity index is 652. The van der Waals surface area contributed by atoms with Crippen LogP contribution in [0.2, 0.25) is 0 Å². The molecule has 3 rings (SSSR count). The largest absolute Gasteiger partial charge is 0.492 e. The lowest BCUT2D eigenvalue weighted by Gasteiger charge is -2.37. The molecule has 2 amide bonds. The second kappa shape index (κ2) is 7.28. The zero-order valence-electron chi connectivity index (χ0n) is 12.6. The average Bonchev–Trinajstić information content (AvgIpc) is 3.05. The Morgan fingerprint density at radius 1 is 1.17 bits per heavy atom. The lowest BCUT2D eigenvalue weighted by atomic mass is 9.99. The van der Waals surface area contributed by atoms with Gasteiger partial charge in [-0.15, -0.1) is 11.3 Å². The molecule has 0 unspecified atom stereocenters. The number of hydrogen-bond acceptors (Lipinski definition) is 4. The number of hydrogen-bond donors (Lipinski definition) is 1. The monoisotopic (exact) mass is 330 g/mol. The summed E-state index contributed by atoms with van der Waals surface area (Å²) in [5.41, 5.74) is 0. The third-order valence-corrected chi connectivity index (χ3v) is 4.54. The van der Waals surface area contributed by atoms with Gasteiger partial charge in [0.25, 0.3) is 5.91 Å². The molecular formula is C17H18N2O3S. The highest BCUT2D eigenvalue weighted by Crippen LogP contribution is 2.21. The fraction of sp³-hybridized carbons (Fsp3) is 0.294. The van der Waals surface area contributed by atoms with E-state index in [1.807, 2.05) is 41.8 Å². The highest BCUT2D eigenvalue weighted by atomic mass is 32.1. The molecule has 5 nitrogen and oxygen atoms in total. The molecular weight excluding hydrogens is 312 g/mol. The highest BCUT2D eigenvalue weighted by molar-refractivity contribution is 7.12. The third kappa shape index (κ3) is 3.90. The van der Waals surface area contributed by atoms with Gasteiger partial charge in [-0.3, -0.25) is 9.59 Å². The number of para-hydroxylation sites is 1. The van der Waals surface area contributed by atoms with Gasteiger partial charge in [-0.1, -0.05) is 24.3 Å². The van der Waals surface area contributed by atoms with Gasteiger partial charge in [-0.2, -0.15) is 0 Å². The highest BCUT2D eigenvalue weighted by Gasteiger charge is 2.36. The number of nitrogens with one attached hydrogen (secondary N) is 1. The number of thiophene rings is 1. The van der Waals surface area contributed by atoms with E-state index in [0.717, 1.165) is 10.6 Å². The minimum atomic E-state index is -0.115. The first-order valence-corrected chi connectivity index (χ1v) is 8.40. The van der Waals surface area contributed by atoms with E-state index >= 15 is 0 Å². The number of carbonyl (C=O) groups is 2. The van der Waals surface area contributed by atoms with Gasteiger partial charge in [-0.25, -0.2) is 0 Å². The standard InChI is InChI=1S/C17H18N2O3S/c20-16(18-8-9-22-14-5-2-1-3-6-14)13-11-19(12-13)17(21)15-7-4-10-23-15/h1-7,10,13H,8-9,11-12H2,(H,18,20). The maximum atomic E-state index is 12.1. The Balaban J connectivity index is 1.34. The predicted molar refractivity (Wildman–Crippen MR) is 88.7 cm³/mol. The van der Waals surface area contributed by atoms with E-state index in [1.165, 1.54) is 11.3 Å². The Morgan fingerprint density at radius 2 is 1.96 bits per heavy atom. The summed E-state index contributed by atoms with van der Waals surface area (Å²) in [7, 11) is 0. The fourth-order valence-corrected chi connectivity index (χ4v) is 3.06. The molecule has 0 saturated carbocycles. The number of ether oxygens (including phenoxy) is 1. The van der Waals surface area contributed by atoms with Crippen LogP contribution >= 0.6 is 11.3 Å². The molecule has 0 atom stereocenters. The van der Waals surface area contributed by atoms with Gasteiger partial charge in [0.05, 0.1) is 17.3 Å². The van der Waals surface area contributed by atoms with Crippen molar-refractivity contribution in [1.29, 1.82) is 0 Å². The number of likely N-dealkylation sites (tertiary alicyclic amines) is 1. The van der Waals surface area contributed by atoms with Crippen LogP contribution in [0.4, 0.5) is 0 Å². The first kappa shape index (κ1) is 15.6. The summed E-state index contributed by atoms with van der Waals surface area (Å²) in [6, 6.07) is 13.1. The Morgan fingerprint density at radius 3 is 2.65 bits per heavy atom. The molecule has 2 aromatic rings. The summed E-state index contributed by atoms with van der Waals surface area (Å²) >= 11 is 1.42. The van der Waals surface area contributed by atoms with Crippen molar-refractivity contribution in [3.05, 3.63) is 52.7 Å². The zero-order chi connectivity index (χ0) is 16.1. The van der Waals surface area contributed by atoms with Gasteiger partial charge in [0.1, 0.15) is 12.4 Å². The average molecular weight is 330 g/mol. The van der Waals surface area contributed by atoms with Crippen molar-refractivity contribution < 1.29 is 14.3 Å². The van der Waals surface area contributed by atoms with Crippen LogP contribution < -0.4 is 10.1 Å². The van der Waals surface area contributed by atoms with Crippen LogP contribution in [0, 0.1) is 5.92 Å². The molecule has 1 aliphatic rings. The van der Waals surface area contributed by atoms with Crippen LogP contribution in [0.3, 0.4) is 0 Å². The van der Waals surface area contributed by atoms with Gasteiger partial charge >= 0.3 is 0 Å². The van der Waals surface area contributed by atoms with Crippen molar-refractivity contribution in [2.24, 2.45) is 5.92 Å².